The van der Waals surface area contributed by atoms with E-state index in [1.165, 1.54) is 0 Å². The molecule has 0 unspecified atom stereocenters. The van der Waals surface area contributed by atoms with Gasteiger partial charge in [0.25, 0.3) is 0 Å². The molecular weight excluding hydrogens is 148 g/mol. The van der Waals surface area contributed by atoms with Crippen LogP contribution in [0.1, 0.15) is 0 Å². The highest BCUT2D eigenvalue weighted by Gasteiger charge is 2.62. The van der Waals surface area contributed by atoms with E-state index in [2.05, 4.69) is 0 Å². The predicted molar refractivity (Wildman–Crippen MR) is 34.1 cm³/mol. The fourth-order valence-electron chi connectivity index (χ4n) is 1.66. The Morgan fingerprint density at radius 3 is 2.55 bits per heavy atom. The van der Waals surface area contributed by atoms with Gasteiger partial charge in [-0.25, -0.2) is 0 Å². The van der Waals surface area contributed by atoms with Gasteiger partial charge in [-0.05, 0) is 0 Å². The number of hydrogen-bond donors (Lipinski definition) is 0. The van der Waals surface area contributed by atoms with E-state index < -0.39 is 0 Å². The Morgan fingerprint density at radius 1 is 1.18 bits per heavy atom. The molecule has 0 aliphatic carbocycles. The molecule has 0 bridgehead atoms. The second kappa shape index (κ2) is 1.95. The van der Waals surface area contributed by atoms with Gasteiger partial charge in [-0.1, -0.05) is 0 Å². The van der Waals surface area contributed by atoms with E-state index in [0.29, 0.717) is 0 Å². The third-order valence-corrected chi connectivity index (χ3v) is 2.40. The standard InChI is InChI=1S/C7H10O4/c1-8-7-6-5(10-6)4(11-7)3-2-9-3/h3-7H,2H2,1H3/t3-,4+,5-,6-,7+/m0/s1. The highest BCUT2D eigenvalue weighted by molar-refractivity contribution is 5.05. The number of methoxy groups -OCH3 is 1. The molecule has 0 aromatic rings. The summed E-state index contributed by atoms with van der Waals surface area (Å²) in [6.45, 7) is 0.813. The van der Waals surface area contributed by atoms with Crippen LogP contribution in [0.4, 0.5) is 0 Å². The molecule has 3 aliphatic heterocycles. The first-order chi connectivity index (χ1) is 5.40. The van der Waals surface area contributed by atoms with Gasteiger partial charge >= 0.3 is 0 Å². The van der Waals surface area contributed by atoms with E-state index in [1.54, 1.807) is 7.11 Å². The van der Waals surface area contributed by atoms with Gasteiger partial charge in [0.05, 0.1) is 6.61 Å². The van der Waals surface area contributed by atoms with Gasteiger partial charge in [-0.3, -0.25) is 0 Å². The summed E-state index contributed by atoms with van der Waals surface area (Å²) in [4.78, 5) is 0. The van der Waals surface area contributed by atoms with Crippen molar-refractivity contribution in [1.29, 1.82) is 0 Å². The molecule has 3 heterocycles. The van der Waals surface area contributed by atoms with E-state index in [1.807, 2.05) is 0 Å². The molecule has 0 amide bonds. The summed E-state index contributed by atoms with van der Waals surface area (Å²) < 4.78 is 21.1. The largest absolute Gasteiger partial charge is 0.370 e. The van der Waals surface area contributed by atoms with E-state index in [4.69, 9.17) is 18.9 Å². The smallest absolute Gasteiger partial charge is 0.186 e. The van der Waals surface area contributed by atoms with Crippen LogP contribution in [0.2, 0.25) is 0 Å². The molecule has 11 heavy (non-hydrogen) atoms. The minimum atomic E-state index is -0.158. The first kappa shape index (κ1) is 6.37. The predicted octanol–water partition coefficient (Wildman–Crippen LogP) is -0.476. The van der Waals surface area contributed by atoms with Gasteiger partial charge in [0.15, 0.2) is 6.29 Å². The van der Waals surface area contributed by atoms with Crippen LogP contribution >= 0.6 is 0 Å². The van der Waals surface area contributed by atoms with Crippen molar-refractivity contribution in [3.63, 3.8) is 0 Å². The Labute approximate surface area is 64.4 Å². The zero-order valence-corrected chi connectivity index (χ0v) is 6.23. The van der Waals surface area contributed by atoms with Gasteiger partial charge in [0.2, 0.25) is 0 Å². The third kappa shape index (κ3) is 0.840. The second-order valence-electron chi connectivity index (χ2n) is 3.14. The fourth-order valence-corrected chi connectivity index (χ4v) is 1.66. The first-order valence-electron chi connectivity index (χ1n) is 3.85. The van der Waals surface area contributed by atoms with Gasteiger partial charge < -0.3 is 18.9 Å². The molecule has 62 valence electrons. The molecule has 3 aliphatic rings. The molecule has 0 aromatic heterocycles. The van der Waals surface area contributed by atoms with Crippen LogP contribution in [0, 0.1) is 0 Å². The Kier molecular flexibility index (Phi) is 1.13. The first-order valence-corrected chi connectivity index (χ1v) is 3.85. The van der Waals surface area contributed by atoms with E-state index >= 15 is 0 Å². The highest BCUT2D eigenvalue weighted by atomic mass is 16.8. The minimum Gasteiger partial charge on any atom is -0.370 e. The highest BCUT2D eigenvalue weighted by Crippen LogP contribution is 2.43. The molecule has 0 spiro atoms. The van der Waals surface area contributed by atoms with Crippen molar-refractivity contribution in [2.45, 2.75) is 30.7 Å². The van der Waals surface area contributed by atoms with Gasteiger partial charge in [0.1, 0.15) is 24.4 Å². The molecule has 3 fully saturated rings. The number of fused-ring (bicyclic) bond motifs is 1. The van der Waals surface area contributed by atoms with Gasteiger partial charge in [0, 0.05) is 7.11 Å². The Hall–Kier alpha value is -0.160. The molecule has 0 radical (unpaired) electrons. The monoisotopic (exact) mass is 158 g/mol. The van der Waals surface area contributed by atoms with Crippen LogP contribution in [-0.2, 0) is 18.9 Å². The summed E-state index contributed by atoms with van der Waals surface area (Å²) >= 11 is 0. The van der Waals surface area contributed by atoms with Crippen LogP contribution in [0.5, 0.6) is 0 Å². The van der Waals surface area contributed by atoms with Crippen molar-refractivity contribution < 1.29 is 18.9 Å². The van der Waals surface area contributed by atoms with E-state index in [-0.39, 0.29) is 30.7 Å². The summed E-state index contributed by atoms with van der Waals surface area (Å²) in [5.74, 6) is 0. The SMILES string of the molecule is CO[C@@H]1O[C@H]([C@@H]2CO2)[C@@H]2O[C@H]12. The molecule has 0 saturated carbocycles. The normalized spacial score (nSPS) is 59.2. The molecule has 0 aromatic carbocycles. The summed E-state index contributed by atoms with van der Waals surface area (Å²) in [7, 11) is 1.64. The second-order valence-corrected chi connectivity index (χ2v) is 3.14. The van der Waals surface area contributed by atoms with Crippen molar-refractivity contribution in [3.8, 4) is 0 Å². The molecule has 4 heteroatoms. The fraction of sp³-hybridized carbons (Fsp3) is 1.00. The van der Waals surface area contributed by atoms with Crippen molar-refractivity contribution in [2.24, 2.45) is 0 Å². The summed E-state index contributed by atoms with van der Waals surface area (Å²) in [6.07, 6.45) is 0.658. The van der Waals surface area contributed by atoms with E-state index in [9.17, 15) is 0 Å². The van der Waals surface area contributed by atoms with Crippen LogP contribution in [0.15, 0.2) is 0 Å². The lowest BCUT2D eigenvalue weighted by molar-refractivity contribution is -0.162. The molecule has 3 saturated heterocycles. The number of hydrogen-bond acceptors (Lipinski definition) is 4. The van der Waals surface area contributed by atoms with E-state index in [0.717, 1.165) is 6.61 Å². The molecule has 5 atom stereocenters. The summed E-state index contributed by atoms with van der Waals surface area (Å²) in [5, 5.41) is 0. The Balaban J connectivity index is 1.71. The van der Waals surface area contributed by atoms with Crippen molar-refractivity contribution in [3.05, 3.63) is 0 Å². The van der Waals surface area contributed by atoms with Crippen LogP contribution in [0.3, 0.4) is 0 Å². The Morgan fingerprint density at radius 2 is 2.00 bits per heavy atom. The number of epoxide rings is 2. The number of rotatable bonds is 2. The quantitative estimate of drug-likeness (QED) is 0.509. The summed E-state index contributed by atoms with van der Waals surface area (Å²) in [5.41, 5.74) is 0. The molecular formula is C7H10O4. The lowest BCUT2D eigenvalue weighted by Crippen LogP contribution is -2.25. The maximum Gasteiger partial charge on any atom is 0.186 e. The van der Waals surface area contributed by atoms with Crippen molar-refractivity contribution in [2.75, 3.05) is 13.7 Å². The average Bonchev–Trinajstić information content (AvgIpc) is 2.88. The van der Waals surface area contributed by atoms with Crippen molar-refractivity contribution in [1.82, 2.24) is 0 Å². The third-order valence-electron chi connectivity index (χ3n) is 2.40. The lowest BCUT2D eigenvalue weighted by atomic mass is 10.2. The van der Waals surface area contributed by atoms with Crippen LogP contribution < -0.4 is 0 Å². The molecule has 4 nitrogen and oxygen atoms in total. The summed E-state index contributed by atoms with van der Waals surface area (Å²) in [6, 6.07) is 0. The van der Waals surface area contributed by atoms with Crippen LogP contribution in [-0.4, -0.2) is 44.4 Å². The Bertz CT molecular complexity index is 179. The zero-order chi connectivity index (χ0) is 7.42. The maximum atomic E-state index is 5.52. The lowest BCUT2D eigenvalue weighted by Gasteiger charge is -2.13. The number of ether oxygens (including phenoxy) is 4. The maximum absolute atomic E-state index is 5.52. The van der Waals surface area contributed by atoms with Crippen molar-refractivity contribution >= 4 is 0 Å². The van der Waals surface area contributed by atoms with Crippen LogP contribution in [0.25, 0.3) is 0 Å². The molecule has 3 rings (SSSR count). The molecule has 0 N–H and O–H groups in total. The zero-order valence-electron chi connectivity index (χ0n) is 6.23. The average molecular weight is 158 g/mol. The van der Waals surface area contributed by atoms with Gasteiger partial charge in [-0.2, -0.15) is 0 Å². The topological polar surface area (TPSA) is 43.5 Å². The minimum absolute atomic E-state index is 0.130. The van der Waals surface area contributed by atoms with Gasteiger partial charge in [-0.15, -0.1) is 0 Å².